The monoisotopic (exact) mass is 134 g/mol. The Morgan fingerprint density at radius 3 is 1.67 bits per heavy atom. The van der Waals surface area contributed by atoms with Crippen molar-refractivity contribution in [3.05, 3.63) is 0 Å². The molecule has 2 nitrogen and oxygen atoms in total. The van der Waals surface area contributed by atoms with Crippen molar-refractivity contribution in [2.24, 2.45) is 0 Å². The van der Waals surface area contributed by atoms with Gasteiger partial charge in [0, 0.05) is 5.97 Å². The zero-order chi connectivity index (χ0) is 3.58. The van der Waals surface area contributed by atoms with E-state index in [1.165, 1.54) is 0 Å². The Kier molecular flexibility index (Phi) is 25.1. The van der Waals surface area contributed by atoms with Gasteiger partial charge in [-0.2, -0.15) is 0 Å². The van der Waals surface area contributed by atoms with E-state index in [1.807, 2.05) is 0 Å². The van der Waals surface area contributed by atoms with E-state index in [2.05, 4.69) is 0 Å². The van der Waals surface area contributed by atoms with Gasteiger partial charge in [-0.25, -0.2) is 0 Å². The Hall–Kier alpha value is 1.40. The van der Waals surface area contributed by atoms with Gasteiger partial charge in [-0.1, -0.05) is 0 Å². The largest absolute Gasteiger partial charge is 1.00 e. The number of halogens is 1. The topological polar surface area (TPSA) is 40.1 Å². The quantitative estimate of drug-likeness (QED) is 0.319. The van der Waals surface area contributed by atoms with Gasteiger partial charge in [-0.3, -0.25) is 0 Å². The van der Waals surface area contributed by atoms with Gasteiger partial charge in [-0.15, -0.1) is 12.4 Å². The second kappa shape index (κ2) is 9.64. The summed E-state index contributed by atoms with van der Waals surface area (Å²) in [6.07, 6.45) is 0. The molecule has 32 valence electrons. The molecule has 0 aromatic heterocycles. The second-order valence-electron chi connectivity index (χ2n) is 0.492. The van der Waals surface area contributed by atoms with Crippen molar-refractivity contribution in [1.29, 1.82) is 0 Å². The summed E-state index contributed by atoms with van der Waals surface area (Å²) in [7, 11) is 0. The summed E-state index contributed by atoms with van der Waals surface area (Å²) >= 11 is 0. The van der Waals surface area contributed by atoms with Crippen LogP contribution in [0.15, 0.2) is 0 Å². The molecule has 0 unspecified atom stereocenters. The van der Waals surface area contributed by atoms with E-state index in [9.17, 15) is 0 Å². The number of carbonyl (C=O) groups is 1. The Balaban J connectivity index is -0.0000000450. The molecule has 0 fully saturated rings. The van der Waals surface area contributed by atoms with Crippen LogP contribution in [0.1, 0.15) is 6.92 Å². The van der Waals surface area contributed by atoms with Gasteiger partial charge in [0.15, 0.2) is 0 Å². The average Bonchev–Trinajstić information content (AvgIpc) is 0.811. The number of carboxylic acid groups (broad SMARTS) is 1. The molecule has 0 aromatic rings. The summed E-state index contributed by atoms with van der Waals surface area (Å²) in [4.78, 5) is 8.89. The Bertz CT molecular complexity index is 34.5. The standard InChI is InChI=1S/C2H4O2.ClH.K/c1-2(3)4;;/h1H3,(H,3,4);1H;/q;;+1/p-1. The van der Waals surface area contributed by atoms with Crippen LogP contribution in [0.3, 0.4) is 0 Å². The van der Waals surface area contributed by atoms with Crippen LogP contribution in [0.5, 0.6) is 0 Å². The Morgan fingerprint density at radius 2 is 1.67 bits per heavy atom. The SMILES string of the molecule is CC(=O)[O-].Cl.[K+]. The van der Waals surface area contributed by atoms with Crippen molar-refractivity contribution < 1.29 is 61.3 Å². The fourth-order valence-corrected chi connectivity index (χ4v) is 0. The Morgan fingerprint density at radius 1 is 1.67 bits per heavy atom. The third-order valence-corrected chi connectivity index (χ3v) is 0. The molecule has 0 N–H and O–H groups in total. The molecule has 0 radical (unpaired) electrons. The van der Waals surface area contributed by atoms with E-state index in [4.69, 9.17) is 9.90 Å². The van der Waals surface area contributed by atoms with E-state index < -0.39 is 5.97 Å². The van der Waals surface area contributed by atoms with Gasteiger partial charge in [0.05, 0.1) is 0 Å². The van der Waals surface area contributed by atoms with Crippen LogP contribution in [0.25, 0.3) is 0 Å². The summed E-state index contributed by atoms with van der Waals surface area (Å²) in [5.41, 5.74) is 0. The maximum absolute atomic E-state index is 8.89. The number of hydrogen-bond donors (Lipinski definition) is 0. The van der Waals surface area contributed by atoms with Gasteiger partial charge >= 0.3 is 51.4 Å². The maximum atomic E-state index is 8.89. The van der Waals surface area contributed by atoms with Crippen LogP contribution in [0.2, 0.25) is 0 Å². The number of aliphatic carboxylic acids is 1. The van der Waals surface area contributed by atoms with Crippen LogP contribution < -0.4 is 56.5 Å². The first kappa shape index (κ1) is 15.7. The number of rotatable bonds is 0. The van der Waals surface area contributed by atoms with E-state index in [0.717, 1.165) is 6.92 Å². The fraction of sp³-hybridized carbons (Fsp3) is 0.500. The van der Waals surface area contributed by atoms with Crippen LogP contribution >= 0.6 is 12.4 Å². The molecule has 0 bridgehead atoms. The number of carboxylic acids is 1. The van der Waals surface area contributed by atoms with Crippen molar-refractivity contribution in [2.75, 3.05) is 0 Å². The molecule has 0 amide bonds. The normalized spacial score (nSPS) is 4.17. The smallest absolute Gasteiger partial charge is 0.550 e. The minimum atomic E-state index is -1.08. The van der Waals surface area contributed by atoms with Crippen LogP contribution in [0.4, 0.5) is 0 Å². The summed E-state index contributed by atoms with van der Waals surface area (Å²) in [5, 5.41) is 8.89. The van der Waals surface area contributed by atoms with Crippen LogP contribution in [-0.4, -0.2) is 5.97 Å². The predicted octanol–water partition coefficient (Wildman–Crippen LogP) is -3.82. The first-order valence-electron chi connectivity index (χ1n) is 0.908. The van der Waals surface area contributed by atoms with Crippen molar-refractivity contribution in [2.45, 2.75) is 6.92 Å². The van der Waals surface area contributed by atoms with E-state index in [1.54, 1.807) is 0 Å². The van der Waals surface area contributed by atoms with Crippen molar-refractivity contribution >= 4 is 18.4 Å². The molecule has 0 saturated heterocycles. The molecule has 0 heterocycles. The summed E-state index contributed by atoms with van der Waals surface area (Å²) < 4.78 is 0. The number of carbonyl (C=O) groups excluding carboxylic acids is 1. The van der Waals surface area contributed by atoms with Gasteiger partial charge in [0.1, 0.15) is 0 Å². The van der Waals surface area contributed by atoms with Gasteiger partial charge in [-0.05, 0) is 6.92 Å². The molecule has 0 saturated carbocycles. The van der Waals surface area contributed by atoms with E-state index in [-0.39, 0.29) is 63.8 Å². The zero-order valence-electron chi connectivity index (χ0n) is 3.72. The van der Waals surface area contributed by atoms with Crippen molar-refractivity contribution in [3.8, 4) is 0 Å². The Labute approximate surface area is 85.1 Å². The molecule has 0 spiro atoms. The molecule has 6 heavy (non-hydrogen) atoms. The first-order chi connectivity index (χ1) is 1.73. The molecule has 0 aliphatic carbocycles. The molecule has 0 aliphatic heterocycles. The molecule has 4 heteroatoms. The second-order valence-corrected chi connectivity index (χ2v) is 0.492. The molecular formula is C2H4ClKO2. The number of hydrogen-bond acceptors (Lipinski definition) is 2. The molecule has 0 aromatic carbocycles. The fourth-order valence-electron chi connectivity index (χ4n) is 0. The average molecular weight is 135 g/mol. The molecular weight excluding hydrogens is 131 g/mol. The molecule has 0 rings (SSSR count). The van der Waals surface area contributed by atoms with Gasteiger partial charge < -0.3 is 9.90 Å². The van der Waals surface area contributed by atoms with E-state index >= 15 is 0 Å². The summed E-state index contributed by atoms with van der Waals surface area (Å²) in [5.74, 6) is -1.08. The van der Waals surface area contributed by atoms with Crippen molar-refractivity contribution in [1.82, 2.24) is 0 Å². The minimum absolute atomic E-state index is 0. The van der Waals surface area contributed by atoms with Crippen LogP contribution in [0, 0.1) is 0 Å². The first-order valence-corrected chi connectivity index (χ1v) is 0.908. The van der Waals surface area contributed by atoms with Gasteiger partial charge in [0.25, 0.3) is 0 Å². The predicted molar refractivity (Wildman–Crippen MR) is 17.9 cm³/mol. The van der Waals surface area contributed by atoms with Crippen LogP contribution in [-0.2, 0) is 4.79 Å². The van der Waals surface area contributed by atoms with Crippen molar-refractivity contribution in [3.63, 3.8) is 0 Å². The zero-order valence-corrected chi connectivity index (χ0v) is 7.66. The summed E-state index contributed by atoms with van der Waals surface area (Å²) in [6, 6.07) is 0. The summed E-state index contributed by atoms with van der Waals surface area (Å²) in [6.45, 7) is 0.972. The molecule has 0 aliphatic rings. The third kappa shape index (κ3) is 53.5. The third-order valence-electron chi connectivity index (χ3n) is 0. The minimum Gasteiger partial charge on any atom is -0.550 e. The molecule has 0 atom stereocenters. The van der Waals surface area contributed by atoms with E-state index in [0.29, 0.717) is 0 Å². The maximum Gasteiger partial charge on any atom is 1.00 e. The van der Waals surface area contributed by atoms with Gasteiger partial charge in [0.2, 0.25) is 0 Å².